The molecule has 2 aliphatic rings. The first-order chi connectivity index (χ1) is 9.52. The van der Waals surface area contributed by atoms with E-state index in [1.54, 1.807) is 0 Å². The Morgan fingerprint density at radius 2 is 2.05 bits per heavy atom. The molecule has 0 spiro atoms. The van der Waals surface area contributed by atoms with E-state index in [0.29, 0.717) is 12.6 Å². The fraction of sp³-hybridized carbons (Fsp3) is 0.938. The van der Waals surface area contributed by atoms with Crippen molar-refractivity contribution in [2.24, 2.45) is 11.8 Å². The third-order valence-corrected chi connectivity index (χ3v) is 5.20. The highest BCUT2D eigenvalue weighted by atomic mass is 16.3. The minimum atomic E-state index is -0.667. The molecule has 2 unspecified atom stereocenters. The van der Waals surface area contributed by atoms with Crippen LogP contribution in [0.3, 0.4) is 0 Å². The van der Waals surface area contributed by atoms with Gasteiger partial charge in [0.15, 0.2) is 0 Å². The summed E-state index contributed by atoms with van der Waals surface area (Å²) >= 11 is 0. The molecule has 4 heteroatoms. The summed E-state index contributed by atoms with van der Waals surface area (Å²) in [5, 5.41) is 16.9. The van der Waals surface area contributed by atoms with Crippen molar-refractivity contribution in [1.29, 1.82) is 0 Å². The summed E-state index contributed by atoms with van der Waals surface area (Å²) in [5.41, 5.74) is -0.667. The lowest BCUT2D eigenvalue weighted by molar-refractivity contribution is -0.127. The summed E-state index contributed by atoms with van der Waals surface area (Å²) in [4.78, 5) is 12.2. The van der Waals surface area contributed by atoms with Crippen LogP contribution in [0.4, 0.5) is 0 Å². The number of aliphatic hydroxyl groups is 1. The normalized spacial score (nSPS) is 38.5. The SMILES string of the molecule is CCC1CCC(O)(CNC(=O)C2CCNC(C)C2)CC1. The number of amides is 1. The highest BCUT2D eigenvalue weighted by molar-refractivity contribution is 5.78. The van der Waals surface area contributed by atoms with Gasteiger partial charge in [-0.3, -0.25) is 4.79 Å². The Kier molecular flexibility index (Phi) is 5.44. The van der Waals surface area contributed by atoms with Gasteiger partial charge in [0.2, 0.25) is 5.91 Å². The molecule has 0 aromatic rings. The van der Waals surface area contributed by atoms with E-state index >= 15 is 0 Å². The van der Waals surface area contributed by atoms with Crippen LogP contribution < -0.4 is 10.6 Å². The van der Waals surface area contributed by atoms with E-state index in [4.69, 9.17) is 0 Å². The molecule has 1 aliphatic carbocycles. The van der Waals surface area contributed by atoms with E-state index in [2.05, 4.69) is 24.5 Å². The topological polar surface area (TPSA) is 61.4 Å². The first-order valence-electron chi connectivity index (χ1n) is 8.26. The zero-order valence-corrected chi connectivity index (χ0v) is 13.0. The summed E-state index contributed by atoms with van der Waals surface area (Å²) in [6.07, 6.45) is 6.85. The van der Waals surface area contributed by atoms with Crippen molar-refractivity contribution in [2.45, 2.75) is 70.4 Å². The molecular formula is C16H30N2O2. The Labute approximate surface area is 122 Å². The first-order valence-corrected chi connectivity index (χ1v) is 8.26. The van der Waals surface area contributed by atoms with Gasteiger partial charge in [0.05, 0.1) is 5.60 Å². The molecule has 1 aliphatic heterocycles. The largest absolute Gasteiger partial charge is 0.388 e. The van der Waals surface area contributed by atoms with Gasteiger partial charge < -0.3 is 15.7 Å². The van der Waals surface area contributed by atoms with Gasteiger partial charge in [-0.15, -0.1) is 0 Å². The Morgan fingerprint density at radius 3 is 2.65 bits per heavy atom. The lowest BCUT2D eigenvalue weighted by Crippen LogP contribution is -2.48. The van der Waals surface area contributed by atoms with E-state index in [0.717, 1.165) is 51.0 Å². The summed E-state index contributed by atoms with van der Waals surface area (Å²) in [6, 6.07) is 0.419. The molecule has 0 aromatic heterocycles. The molecular weight excluding hydrogens is 252 g/mol. The second kappa shape index (κ2) is 6.90. The molecule has 2 fully saturated rings. The van der Waals surface area contributed by atoms with Crippen LogP contribution in [0, 0.1) is 11.8 Å². The Bertz CT molecular complexity index is 324. The zero-order chi connectivity index (χ0) is 14.6. The molecule has 20 heavy (non-hydrogen) atoms. The average Bonchev–Trinajstić information content (AvgIpc) is 2.46. The van der Waals surface area contributed by atoms with Gasteiger partial charge in [-0.25, -0.2) is 0 Å². The predicted octanol–water partition coefficient (Wildman–Crippen LogP) is 1.82. The van der Waals surface area contributed by atoms with Crippen LogP contribution in [0.15, 0.2) is 0 Å². The molecule has 4 nitrogen and oxygen atoms in total. The average molecular weight is 282 g/mol. The standard InChI is InChI=1S/C16H30N2O2/c1-3-13-4-7-16(20,8-5-13)11-18-15(19)14-6-9-17-12(2)10-14/h12-14,17,20H,3-11H2,1-2H3,(H,18,19). The van der Waals surface area contributed by atoms with E-state index < -0.39 is 5.60 Å². The fourth-order valence-electron chi connectivity index (χ4n) is 3.57. The maximum absolute atomic E-state index is 12.2. The molecule has 0 aromatic carbocycles. The molecule has 3 N–H and O–H groups in total. The lowest BCUT2D eigenvalue weighted by Gasteiger charge is -2.36. The molecule has 1 heterocycles. The second-order valence-corrected chi connectivity index (χ2v) is 6.87. The van der Waals surface area contributed by atoms with Crippen molar-refractivity contribution in [3.05, 3.63) is 0 Å². The lowest BCUT2D eigenvalue weighted by atomic mass is 9.77. The van der Waals surface area contributed by atoms with Gasteiger partial charge in [0.1, 0.15) is 0 Å². The highest BCUT2D eigenvalue weighted by Crippen LogP contribution is 2.33. The Hall–Kier alpha value is -0.610. The number of hydrogen-bond donors (Lipinski definition) is 3. The summed E-state index contributed by atoms with van der Waals surface area (Å²) in [7, 11) is 0. The quantitative estimate of drug-likeness (QED) is 0.737. The van der Waals surface area contributed by atoms with Crippen LogP contribution in [0.25, 0.3) is 0 Å². The number of rotatable bonds is 4. The molecule has 0 bridgehead atoms. The number of nitrogens with one attached hydrogen (secondary N) is 2. The van der Waals surface area contributed by atoms with Crippen LogP contribution in [0.5, 0.6) is 0 Å². The van der Waals surface area contributed by atoms with E-state index in [1.165, 1.54) is 6.42 Å². The maximum atomic E-state index is 12.2. The number of hydrogen-bond acceptors (Lipinski definition) is 3. The minimum Gasteiger partial charge on any atom is -0.388 e. The Balaban J connectivity index is 1.75. The van der Waals surface area contributed by atoms with Gasteiger partial charge in [-0.1, -0.05) is 13.3 Å². The van der Waals surface area contributed by atoms with Crippen molar-refractivity contribution in [2.75, 3.05) is 13.1 Å². The third kappa shape index (κ3) is 4.19. The van der Waals surface area contributed by atoms with Crippen molar-refractivity contribution >= 4 is 5.91 Å². The van der Waals surface area contributed by atoms with Gasteiger partial charge in [0.25, 0.3) is 0 Å². The van der Waals surface area contributed by atoms with Crippen molar-refractivity contribution in [3.8, 4) is 0 Å². The van der Waals surface area contributed by atoms with Gasteiger partial charge >= 0.3 is 0 Å². The van der Waals surface area contributed by atoms with Gasteiger partial charge in [-0.2, -0.15) is 0 Å². The van der Waals surface area contributed by atoms with Crippen LogP contribution in [0.1, 0.15) is 58.8 Å². The van der Waals surface area contributed by atoms with Crippen LogP contribution >= 0.6 is 0 Å². The fourth-order valence-corrected chi connectivity index (χ4v) is 3.57. The molecule has 1 saturated carbocycles. The summed E-state index contributed by atoms with van der Waals surface area (Å²) in [5.74, 6) is 1.00. The molecule has 1 saturated heterocycles. The number of piperidine rings is 1. The maximum Gasteiger partial charge on any atom is 0.223 e. The van der Waals surface area contributed by atoms with Crippen molar-refractivity contribution in [3.63, 3.8) is 0 Å². The highest BCUT2D eigenvalue weighted by Gasteiger charge is 2.34. The smallest absolute Gasteiger partial charge is 0.223 e. The Morgan fingerprint density at radius 1 is 1.35 bits per heavy atom. The molecule has 116 valence electrons. The molecule has 0 radical (unpaired) electrons. The van der Waals surface area contributed by atoms with Crippen molar-refractivity contribution in [1.82, 2.24) is 10.6 Å². The van der Waals surface area contributed by atoms with E-state index in [-0.39, 0.29) is 11.8 Å². The van der Waals surface area contributed by atoms with Crippen LogP contribution in [-0.4, -0.2) is 35.7 Å². The molecule has 2 rings (SSSR count). The zero-order valence-electron chi connectivity index (χ0n) is 13.0. The van der Waals surface area contributed by atoms with E-state index in [1.807, 2.05) is 0 Å². The van der Waals surface area contributed by atoms with Crippen LogP contribution in [-0.2, 0) is 4.79 Å². The van der Waals surface area contributed by atoms with Gasteiger partial charge in [0, 0.05) is 18.5 Å². The minimum absolute atomic E-state index is 0.113. The number of carbonyl (C=O) groups excluding carboxylic acids is 1. The van der Waals surface area contributed by atoms with Crippen molar-refractivity contribution < 1.29 is 9.90 Å². The molecule has 1 amide bonds. The summed E-state index contributed by atoms with van der Waals surface area (Å²) in [6.45, 7) is 5.69. The van der Waals surface area contributed by atoms with Crippen LogP contribution in [0.2, 0.25) is 0 Å². The monoisotopic (exact) mass is 282 g/mol. The second-order valence-electron chi connectivity index (χ2n) is 6.87. The van der Waals surface area contributed by atoms with E-state index in [9.17, 15) is 9.90 Å². The summed E-state index contributed by atoms with van der Waals surface area (Å²) < 4.78 is 0. The first kappa shape index (κ1) is 15.8. The molecule has 2 atom stereocenters. The van der Waals surface area contributed by atoms with Gasteiger partial charge in [-0.05, 0) is 57.9 Å². The predicted molar refractivity (Wildman–Crippen MR) is 80.4 cm³/mol. The number of carbonyl (C=O) groups is 1. The third-order valence-electron chi connectivity index (χ3n) is 5.20.